The summed E-state index contributed by atoms with van der Waals surface area (Å²) in [5.41, 5.74) is 2.41. The number of nitrogens with zero attached hydrogens (tertiary/aromatic N) is 2. The Kier molecular flexibility index (Phi) is 9.04. The van der Waals surface area contributed by atoms with Gasteiger partial charge < -0.3 is 5.32 Å². The lowest BCUT2D eigenvalue weighted by atomic mass is 10.1. The highest BCUT2D eigenvalue weighted by atomic mass is 35.5. The summed E-state index contributed by atoms with van der Waals surface area (Å²) < 4.78 is 41.4. The molecule has 1 N–H and O–H groups in total. The van der Waals surface area contributed by atoms with Gasteiger partial charge in [-0.2, -0.15) is 0 Å². The summed E-state index contributed by atoms with van der Waals surface area (Å²) in [4.78, 5) is 4.01. The van der Waals surface area contributed by atoms with Crippen LogP contribution in [0.25, 0.3) is 11.3 Å². The molecular formula is C20H22Cl2FN3O2S. The van der Waals surface area contributed by atoms with Crippen LogP contribution in [0.15, 0.2) is 73.7 Å². The van der Waals surface area contributed by atoms with Crippen LogP contribution in [0, 0.1) is 5.82 Å². The van der Waals surface area contributed by atoms with Gasteiger partial charge in [-0.1, -0.05) is 12.1 Å². The summed E-state index contributed by atoms with van der Waals surface area (Å²) in [6.45, 7) is 4.21. The Labute approximate surface area is 182 Å². The van der Waals surface area contributed by atoms with Gasteiger partial charge in [0.1, 0.15) is 11.1 Å². The molecule has 9 heteroatoms. The van der Waals surface area contributed by atoms with Crippen molar-refractivity contribution in [2.75, 3.05) is 7.05 Å². The average molecular weight is 458 g/mol. The number of pyridine rings is 1. The van der Waals surface area contributed by atoms with Gasteiger partial charge in [0.05, 0.1) is 5.69 Å². The van der Waals surface area contributed by atoms with Crippen LogP contribution in [0.1, 0.15) is 16.4 Å². The zero-order chi connectivity index (χ0) is 19.4. The minimum Gasteiger partial charge on any atom is -0.316 e. The maximum absolute atomic E-state index is 13.4. The molecule has 3 aromatic rings. The Morgan fingerprint density at radius 1 is 1.24 bits per heavy atom. The summed E-state index contributed by atoms with van der Waals surface area (Å²) in [5.74, 6) is -0.380. The number of hydrogen-bond acceptors (Lipinski definition) is 4. The molecule has 0 aliphatic rings. The summed E-state index contributed by atoms with van der Waals surface area (Å²) in [6, 6.07) is 10.9. The Balaban J connectivity index is 0.00000210. The highest BCUT2D eigenvalue weighted by molar-refractivity contribution is 7.90. The van der Waals surface area contributed by atoms with E-state index in [1.807, 2.05) is 0 Å². The average Bonchev–Trinajstić information content (AvgIpc) is 3.09. The van der Waals surface area contributed by atoms with Gasteiger partial charge in [0.25, 0.3) is 0 Å². The molecule has 0 fully saturated rings. The summed E-state index contributed by atoms with van der Waals surface area (Å²) in [5, 5.41) is 2.06. The second-order valence-corrected chi connectivity index (χ2v) is 7.99. The molecule has 29 heavy (non-hydrogen) atoms. The summed E-state index contributed by atoms with van der Waals surface area (Å²) in [6.07, 6.45) is 6.07. The van der Waals surface area contributed by atoms with Gasteiger partial charge in [0, 0.05) is 25.1 Å². The van der Waals surface area contributed by atoms with Crippen LogP contribution in [0.5, 0.6) is 0 Å². The smallest absolute Gasteiger partial charge is 0.249 e. The number of nitrogens with one attached hydrogen (secondary N) is 1. The van der Waals surface area contributed by atoms with Crippen LogP contribution >= 0.6 is 24.8 Å². The first-order chi connectivity index (χ1) is 13.0. The van der Waals surface area contributed by atoms with Crippen molar-refractivity contribution in [2.24, 2.45) is 0 Å². The molecule has 0 saturated carbocycles. The SMILES string of the molecule is C=CC(c1cccnc1)S(=O)(=O)n1cc(CNC)cc1-c1ccc(F)cc1.Cl.Cl. The van der Waals surface area contributed by atoms with E-state index in [1.54, 1.807) is 49.8 Å². The van der Waals surface area contributed by atoms with Gasteiger partial charge in [0.2, 0.25) is 10.0 Å². The topological polar surface area (TPSA) is 64.0 Å². The van der Waals surface area contributed by atoms with Crippen LogP contribution in [0.4, 0.5) is 4.39 Å². The van der Waals surface area contributed by atoms with Gasteiger partial charge in [-0.05, 0) is 60.1 Å². The molecule has 5 nitrogen and oxygen atoms in total. The van der Waals surface area contributed by atoms with E-state index in [0.717, 1.165) is 5.56 Å². The van der Waals surface area contributed by atoms with E-state index in [9.17, 15) is 12.8 Å². The second-order valence-electron chi connectivity index (χ2n) is 6.05. The Bertz CT molecular complexity index is 1040. The zero-order valence-electron chi connectivity index (χ0n) is 15.7. The lowest BCUT2D eigenvalue weighted by molar-refractivity contribution is 0.581. The lowest BCUT2D eigenvalue weighted by Gasteiger charge is -2.17. The molecule has 2 aromatic heterocycles. The Hall–Kier alpha value is -2.19. The lowest BCUT2D eigenvalue weighted by Crippen LogP contribution is -2.20. The fourth-order valence-corrected chi connectivity index (χ4v) is 4.62. The molecule has 0 saturated heterocycles. The molecule has 0 amide bonds. The molecule has 0 aliphatic heterocycles. The third-order valence-electron chi connectivity index (χ3n) is 4.19. The first kappa shape index (κ1) is 24.8. The highest BCUT2D eigenvalue weighted by Crippen LogP contribution is 2.31. The molecule has 156 valence electrons. The van der Waals surface area contributed by atoms with E-state index < -0.39 is 15.3 Å². The van der Waals surface area contributed by atoms with Crippen molar-refractivity contribution >= 4 is 34.8 Å². The predicted molar refractivity (Wildman–Crippen MR) is 119 cm³/mol. The minimum atomic E-state index is -3.85. The van der Waals surface area contributed by atoms with Gasteiger partial charge in [-0.3, -0.25) is 4.98 Å². The molecule has 1 unspecified atom stereocenters. The van der Waals surface area contributed by atoms with Crippen LogP contribution in [-0.2, 0) is 16.6 Å². The van der Waals surface area contributed by atoms with Gasteiger partial charge >= 0.3 is 0 Å². The van der Waals surface area contributed by atoms with Crippen molar-refractivity contribution < 1.29 is 12.8 Å². The molecule has 3 rings (SSSR count). The summed E-state index contributed by atoms with van der Waals surface area (Å²) >= 11 is 0. The molecule has 0 aliphatic carbocycles. The maximum Gasteiger partial charge on any atom is 0.249 e. The largest absolute Gasteiger partial charge is 0.316 e. The van der Waals surface area contributed by atoms with Crippen LogP contribution < -0.4 is 5.32 Å². The first-order valence-corrected chi connectivity index (χ1v) is 9.86. The Morgan fingerprint density at radius 2 is 1.93 bits per heavy atom. The molecule has 0 spiro atoms. The molecule has 0 bridgehead atoms. The molecule has 0 radical (unpaired) electrons. The number of rotatable bonds is 7. The van der Waals surface area contributed by atoms with Crippen molar-refractivity contribution in [1.82, 2.24) is 14.3 Å². The minimum absolute atomic E-state index is 0. The third kappa shape index (κ3) is 5.25. The third-order valence-corrected chi connectivity index (χ3v) is 6.14. The monoisotopic (exact) mass is 457 g/mol. The maximum atomic E-state index is 13.4. The van der Waals surface area contributed by atoms with E-state index in [1.165, 1.54) is 28.4 Å². The Morgan fingerprint density at radius 3 is 2.48 bits per heavy atom. The fraction of sp³-hybridized carbons (Fsp3) is 0.150. The predicted octanol–water partition coefficient (Wildman–Crippen LogP) is 4.36. The van der Waals surface area contributed by atoms with Gasteiger partial charge in [0.15, 0.2) is 0 Å². The van der Waals surface area contributed by atoms with Crippen LogP contribution in [0.2, 0.25) is 0 Å². The normalized spacial score (nSPS) is 11.8. The second kappa shape index (κ2) is 10.5. The van der Waals surface area contributed by atoms with Crippen molar-refractivity contribution in [3.63, 3.8) is 0 Å². The van der Waals surface area contributed by atoms with E-state index >= 15 is 0 Å². The van der Waals surface area contributed by atoms with Crippen LogP contribution in [-0.4, -0.2) is 24.4 Å². The van der Waals surface area contributed by atoms with Gasteiger partial charge in [-0.25, -0.2) is 16.8 Å². The van der Waals surface area contributed by atoms with Crippen molar-refractivity contribution in [3.8, 4) is 11.3 Å². The van der Waals surface area contributed by atoms with Crippen molar-refractivity contribution in [3.05, 3.63) is 90.7 Å². The molecular weight excluding hydrogens is 436 g/mol. The molecule has 2 heterocycles. The number of aromatic nitrogens is 2. The number of halogens is 3. The summed E-state index contributed by atoms with van der Waals surface area (Å²) in [7, 11) is -2.07. The van der Waals surface area contributed by atoms with Gasteiger partial charge in [-0.15, -0.1) is 31.4 Å². The van der Waals surface area contributed by atoms with Crippen LogP contribution in [0.3, 0.4) is 0 Å². The standard InChI is InChI=1S/C20H20FN3O2S.2ClH/c1-3-20(17-5-4-10-23-13-17)27(25,26)24-14-15(12-22-2)11-19(24)16-6-8-18(21)9-7-16;;/h3-11,13-14,20,22H,1,12H2,2H3;2*1H. The fourth-order valence-electron chi connectivity index (χ4n) is 2.94. The first-order valence-electron chi connectivity index (χ1n) is 8.36. The highest BCUT2D eigenvalue weighted by Gasteiger charge is 2.29. The van der Waals surface area contributed by atoms with Crippen molar-refractivity contribution in [2.45, 2.75) is 11.8 Å². The quantitative estimate of drug-likeness (QED) is 0.535. The van der Waals surface area contributed by atoms with E-state index in [0.29, 0.717) is 23.4 Å². The van der Waals surface area contributed by atoms with E-state index in [2.05, 4.69) is 16.9 Å². The van der Waals surface area contributed by atoms with E-state index in [4.69, 9.17) is 0 Å². The molecule has 1 aromatic carbocycles. The van der Waals surface area contributed by atoms with E-state index in [-0.39, 0.29) is 30.6 Å². The molecule has 1 atom stereocenters. The zero-order valence-corrected chi connectivity index (χ0v) is 18.1. The number of benzene rings is 1. The van der Waals surface area contributed by atoms with Crippen molar-refractivity contribution in [1.29, 1.82) is 0 Å². The number of hydrogen-bond donors (Lipinski definition) is 1.